The van der Waals surface area contributed by atoms with Gasteiger partial charge in [0.25, 0.3) is 0 Å². The van der Waals surface area contributed by atoms with E-state index in [4.69, 9.17) is 11.1 Å². The molecule has 0 unspecified atom stereocenters. The van der Waals surface area contributed by atoms with E-state index in [0.717, 1.165) is 40.7 Å². The molecule has 3 N–H and O–H groups in total. The molecule has 0 radical (unpaired) electrons. The van der Waals surface area contributed by atoms with Gasteiger partial charge in [-0.05, 0) is 37.1 Å². The predicted molar refractivity (Wildman–Crippen MR) is 107 cm³/mol. The fourth-order valence-corrected chi connectivity index (χ4v) is 2.84. The first-order valence-electron chi connectivity index (χ1n) is 8.92. The van der Waals surface area contributed by atoms with Gasteiger partial charge in [0, 0.05) is 22.5 Å². The average Bonchev–Trinajstić information content (AvgIpc) is 2.67. The first-order chi connectivity index (χ1) is 12.7. The number of nitrogen functional groups attached to an aromatic ring is 1. The van der Waals surface area contributed by atoms with Crippen LogP contribution in [0.4, 0.5) is 11.4 Å². The lowest BCUT2D eigenvalue weighted by Crippen LogP contribution is -2.10. The number of hydrogen-bond donors (Lipinski definition) is 2. The Hall–Kier alpha value is -3.08. The van der Waals surface area contributed by atoms with Crippen LogP contribution in [0.15, 0.2) is 65.0 Å². The SMILES string of the molecule is CCCCCc1ncc2ccccc2c1N=Nc1ccc(C(=N)N)cc1. The van der Waals surface area contributed by atoms with Crippen molar-refractivity contribution < 1.29 is 0 Å². The van der Waals surface area contributed by atoms with Crippen LogP contribution in [-0.2, 0) is 6.42 Å². The Morgan fingerprint density at radius 2 is 1.81 bits per heavy atom. The minimum absolute atomic E-state index is 0.0463. The number of benzene rings is 2. The van der Waals surface area contributed by atoms with Gasteiger partial charge in [-0.1, -0.05) is 44.0 Å². The molecule has 1 aromatic heterocycles. The van der Waals surface area contributed by atoms with Crippen LogP contribution in [0.3, 0.4) is 0 Å². The highest BCUT2D eigenvalue weighted by Crippen LogP contribution is 2.31. The van der Waals surface area contributed by atoms with E-state index < -0.39 is 0 Å². The van der Waals surface area contributed by atoms with Gasteiger partial charge in [-0.25, -0.2) is 0 Å². The molecular formula is C21H23N5. The molecule has 5 heteroatoms. The topological polar surface area (TPSA) is 87.5 Å². The summed E-state index contributed by atoms with van der Waals surface area (Å²) in [5, 5.41) is 18.5. The number of fused-ring (bicyclic) bond motifs is 1. The number of nitrogens with two attached hydrogens (primary N) is 1. The standard InChI is InChI=1S/C21H23N5/c1-2-3-4-9-19-20(18-8-6-5-7-16(18)14-24-19)26-25-17-12-10-15(11-13-17)21(22)23/h5-8,10-14H,2-4,9H2,1H3,(H3,22,23). The van der Waals surface area contributed by atoms with E-state index >= 15 is 0 Å². The Morgan fingerprint density at radius 3 is 2.54 bits per heavy atom. The molecule has 0 atom stereocenters. The quantitative estimate of drug-likeness (QED) is 0.250. The van der Waals surface area contributed by atoms with Crippen molar-refractivity contribution in [1.29, 1.82) is 5.41 Å². The normalized spacial score (nSPS) is 11.3. The van der Waals surface area contributed by atoms with Gasteiger partial charge < -0.3 is 5.73 Å². The molecule has 2 aromatic carbocycles. The Kier molecular flexibility index (Phi) is 5.69. The highest BCUT2D eigenvalue weighted by molar-refractivity contribution is 5.95. The third kappa shape index (κ3) is 4.11. The zero-order chi connectivity index (χ0) is 18.4. The maximum absolute atomic E-state index is 7.46. The van der Waals surface area contributed by atoms with Gasteiger partial charge in [0.2, 0.25) is 0 Å². The Bertz CT molecular complexity index is 929. The lowest BCUT2D eigenvalue weighted by atomic mass is 10.1. The monoisotopic (exact) mass is 345 g/mol. The van der Waals surface area contributed by atoms with Gasteiger partial charge in [0.1, 0.15) is 11.5 Å². The number of nitrogens with zero attached hydrogens (tertiary/aromatic N) is 3. The van der Waals surface area contributed by atoms with Gasteiger partial charge in [0.15, 0.2) is 0 Å². The molecule has 0 spiro atoms. The second kappa shape index (κ2) is 8.34. The third-order valence-corrected chi connectivity index (χ3v) is 4.31. The van der Waals surface area contributed by atoms with Crippen molar-refractivity contribution >= 4 is 28.0 Å². The van der Waals surface area contributed by atoms with Gasteiger partial charge in [0.05, 0.1) is 11.4 Å². The molecule has 0 aliphatic rings. The molecule has 3 rings (SSSR count). The van der Waals surface area contributed by atoms with Crippen molar-refractivity contribution in [3.8, 4) is 0 Å². The van der Waals surface area contributed by atoms with Crippen molar-refractivity contribution in [1.82, 2.24) is 4.98 Å². The van der Waals surface area contributed by atoms with Gasteiger partial charge >= 0.3 is 0 Å². The first kappa shape index (κ1) is 17.7. The van der Waals surface area contributed by atoms with Gasteiger partial charge in [-0.3, -0.25) is 10.4 Å². The van der Waals surface area contributed by atoms with Crippen LogP contribution in [0.1, 0.15) is 37.4 Å². The Balaban J connectivity index is 1.95. The number of pyridine rings is 1. The van der Waals surface area contributed by atoms with Crippen molar-refractivity contribution in [3.05, 3.63) is 66.0 Å². The summed E-state index contributed by atoms with van der Waals surface area (Å²) in [7, 11) is 0. The Labute approximate surface area is 153 Å². The largest absolute Gasteiger partial charge is 0.384 e. The molecule has 0 aliphatic heterocycles. The van der Waals surface area contributed by atoms with Crippen molar-refractivity contribution in [2.45, 2.75) is 32.6 Å². The smallest absolute Gasteiger partial charge is 0.122 e. The summed E-state index contributed by atoms with van der Waals surface area (Å²) in [4.78, 5) is 4.63. The van der Waals surface area contributed by atoms with Crippen LogP contribution in [-0.4, -0.2) is 10.8 Å². The zero-order valence-corrected chi connectivity index (χ0v) is 14.9. The molecule has 0 bridgehead atoms. The van der Waals surface area contributed by atoms with Crippen molar-refractivity contribution in [3.63, 3.8) is 0 Å². The minimum atomic E-state index is 0.0463. The number of aryl methyl sites for hydroxylation is 1. The van der Waals surface area contributed by atoms with Crippen molar-refractivity contribution in [2.24, 2.45) is 16.0 Å². The summed E-state index contributed by atoms with van der Waals surface area (Å²) in [6.45, 7) is 2.19. The lowest BCUT2D eigenvalue weighted by Gasteiger charge is -2.07. The lowest BCUT2D eigenvalue weighted by molar-refractivity contribution is 0.708. The van der Waals surface area contributed by atoms with Crippen LogP contribution >= 0.6 is 0 Å². The van der Waals surface area contributed by atoms with Crippen LogP contribution in [0, 0.1) is 5.41 Å². The maximum Gasteiger partial charge on any atom is 0.122 e. The summed E-state index contributed by atoms with van der Waals surface area (Å²) in [6, 6.07) is 15.3. The van der Waals surface area contributed by atoms with E-state index in [1.165, 1.54) is 12.8 Å². The van der Waals surface area contributed by atoms with Crippen LogP contribution in [0.5, 0.6) is 0 Å². The summed E-state index contributed by atoms with van der Waals surface area (Å²) in [6.07, 6.45) is 6.26. The highest BCUT2D eigenvalue weighted by Gasteiger charge is 2.09. The summed E-state index contributed by atoms with van der Waals surface area (Å²) >= 11 is 0. The maximum atomic E-state index is 7.46. The molecule has 0 aliphatic carbocycles. The molecule has 132 valence electrons. The number of azo groups is 1. The summed E-state index contributed by atoms with van der Waals surface area (Å²) in [5.74, 6) is 0.0463. The second-order valence-electron chi connectivity index (χ2n) is 6.26. The predicted octanol–water partition coefficient (Wildman–Crippen LogP) is 5.67. The molecule has 0 saturated heterocycles. The van der Waals surface area contributed by atoms with Crippen LogP contribution in [0.2, 0.25) is 0 Å². The second-order valence-corrected chi connectivity index (χ2v) is 6.26. The van der Waals surface area contributed by atoms with E-state index in [9.17, 15) is 0 Å². The highest BCUT2D eigenvalue weighted by atomic mass is 15.1. The van der Waals surface area contributed by atoms with Crippen LogP contribution in [0.25, 0.3) is 10.8 Å². The molecule has 5 nitrogen and oxygen atoms in total. The number of amidine groups is 1. The molecule has 0 fully saturated rings. The number of nitrogens with one attached hydrogen (secondary N) is 1. The number of hydrogen-bond acceptors (Lipinski definition) is 4. The minimum Gasteiger partial charge on any atom is -0.384 e. The number of aromatic nitrogens is 1. The van der Waals surface area contributed by atoms with Crippen molar-refractivity contribution in [2.75, 3.05) is 0 Å². The molecule has 1 heterocycles. The zero-order valence-electron chi connectivity index (χ0n) is 14.9. The fourth-order valence-electron chi connectivity index (χ4n) is 2.84. The van der Waals surface area contributed by atoms with E-state index in [2.05, 4.69) is 28.2 Å². The van der Waals surface area contributed by atoms with Gasteiger partial charge in [-0.15, -0.1) is 5.11 Å². The molecule has 0 amide bonds. The first-order valence-corrected chi connectivity index (χ1v) is 8.92. The van der Waals surface area contributed by atoms with Crippen LogP contribution < -0.4 is 5.73 Å². The van der Waals surface area contributed by atoms with E-state index in [1.54, 1.807) is 12.1 Å². The average molecular weight is 345 g/mol. The summed E-state index contributed by atoms with van der Waals surface area (Å²) < 4.78 is 0. The fraction of sp³-hybridized carbons (Fsp3) is 0.238. The number of unbranched alkanes of at least 4 members (excludes halogenated alkanes) is 2. The molecule has 0 saturated carbocycles. The van der Waals surface area contributed by atoms with E-state index in [1.807, 2.05) is 36.5 Å². The van der Waals surface area contributed by atoms with E-state index in [-0.39, 0.29) is 5.84 Å². The summed E-state index contributed by atoms with van der Waals surface area (Å²) in [5.41, 5.74) is 8.72. The number of rotatable bonds is 7. The van der Waals surface area contributed by atoms with Gasteiger partial charge in [-0.2, -0.15) is 5.11 Å². The Morgan fingerprint density at radius 1 is 1.04 bits per heavy atom. The molecular weight excluding hydrogens is 322 g/mol. The molecule has 3 aromatic rings. The van der Waals surface area contributed by atoms with E-state index in [0.29, 0.717) is 5.56 Å². The molecule has 26 heavy (non-hydrogen) atoms. The third-order valence-electron chi connectivity index (χ3n) is 4.31.